The molecule has 0 amide bonds. The van der Waals surface area contributed by atoms with Crippen molar-refractivity contribution in [3.8, 4) is 45.9 Å². The zero-order valence-corrected chi connectivity index (χ0v) is 27.5. The molecule has 0 saturated carbocycles. The van der Waals surface area contributed by atoms with Crippen LogP contribution in [0.3, 0.4) is 0 Å². The minimum Gasteiger partial charge on any atom is -0.468 e. The van der Waals surface area contributed by atoms with Crippen molar-refractivity contribution >= 4 is 28.2 Å². The van der Waals surface area contributed by atoms with Crippen LogP contribution in [0, 0.1) is 25.2 Å². The first-order valence-corrected chi connectivity index (χ1v) is 16.0. The number of aromatic nitrogens is 2. The van der Waals surface area contributed by atoms with Crippen molar-refractivity contribution < 1.29 is 37.0 Å². The number of hydrogen-bond donors (Lipinski definition) is 1. The van der Waals surface area contributed by atoms with Crippen molar-refractivity contribution in [1.29, 1.82) is 5.26 Å². The number of fused-ring (bicyclic) bond motifs is 2. The molecule has 254 valence electrons. The third kappa shape index (κ3) is 5.95. The zero-order valence-electron chi connectivity index (χ0n) is 27.5. The molecule has 3 heterocycles. The third-order valence-corrected chi connectivity index (χ3v) is 9.27. The van der Waals surface area contributed by atoms with Crippen LogP contribution in [-0.2, 0) is 22.7 Å². The molecule has 1 atom stereocenters. The molecule has 0 aliphatic carbocycles. The quantitative estimate of drug-likeness (QED) is 0.152. The molecule has 1 N–H and O–H groups in total. The van der Waals surface area contributed by atoms with E-state index in [1.54, 1.807) is 18.2 Å². The maximum absolute atomic E-state index is 13.5. The van der Waals surface area contributed by atoms with E-state index in [4.69, 9.17) is 23.3 Å². The average molecular weight is 679 g/mol. The fourth-order valence-corrected chi connectivity index (χ4v) is 6.78. The molecule has 1 fully saturated rings. The first-order chi connectivity index (χ1) is 24.2. The number of carbonyl (C=O) groups is 1. The van der Waals surface area contributed by atoms with E-state index in [2.05, 4.69) is 11.1 Å². The Hall–Kier alpha value is -5.64. The fourth-order valence-electron chi connectivity index (χ4n) is 6.78. The summed E-state index contributed by atoms with van der Waals surface area (Å²) in [6, 6.07) is 19.6. The number of aliphatic hydroxyl groups is 1. The van der Waals surface area contributed by atoms with Crippen LogP contribution in [0.5, 0.6) is 5.75 Å². The van der Waals surface area contributed by atoms with E-state index in [0.717, 1.165) is 34.2 Å². The highest BCUT2D eigenvalue weighted by Gasteiger charge is 2.32. The predicted octanol–water partition coefficient (Wildman–Crippen LogP) is 7.69. The summed E-state index contributed by atoms with van der Waals surface area (Å²) in [5.41, 5.74) is 7.95. The first kappa shape index (κ1) is 32.9. The van der Waals surface area contributed by atoms with Crippen molar-refractivity contribution in [3.05, 3.63) is 88.5 Å². The van der Waals surface area contributed by atoms with Gasteiger partial charge in [0.1, 0.15) is 28.9 Å². The van der Waals surface area contributed by atoms with Crippen molar-refractivity contribution in [3.63, 3.8) is 0 Å². The number of halogens is 2. The lowest BCUT2D eigenvalue weighted by molar-refractivity contribution is -0.146. The average Bonchev–Trinajstić information content (AvgIpc) is 3.86. The minimum absolute atomic E-state index is 0.0442. The smallest absolute Gasteiger partial charge is 0.387 e. The molecule has 4 aromatic carbocycles. The van der Waals surface area contributed by atoms with Gasteiger partial charge in [0.2, 0.25) is 11.8 Å². The van der Waals surface area contributed by atoms with Gasteiger partial charge in [0, 0.05) is 29.3 Å². The molecule has 6 aromatic rings. The Balaban J connectivity index is 1.26. The van der Waals surface area contributed by atoms with Crippen molar-refractivity contribution in [2.24, 2.45) is 0 Å². The monoisotopic (exact) mass is 678 g/mol. The van der Waals surface area contributed by atoms with Gasteiger partial charge < -0.3 is 23.4 Å². The summed E-state index contributed by atoms with van der Waals surface area (Å²) < 4.78 is 49.1. The first-order valence-electron chi connectivity index (χ1n) is 16.0. The molecule has 1 aliphatic heterocycles. The standard InChI is InChI=1S/C38H32F2N4O6/c1-20-25(26-8-5-10-28(21(26)2)36-43-30-14-22(19-45)13-23(17-41)34(30)50-36)7-4-9-27(20)35-42-29-15-24(32(49-38(39)40)16-33(29)48-35)18-44-12-6-11-31(44)37(46)47-3/h4-5,7-10,13-16,31,38,45H,6,11-12,18-19H2,1-3H3/t31-/m0/s1. The van der Waals surface area contributed by atoms with Crippen LogP contribution in [0.15, 0.2) is 69.5 Å². The van der Waals surface area contributed by atoms with E-state index in [-0.39, 0.29) is 30.5 Å². The van der Waals surface area contributed by atoms with E-state index < -0.39 is 12.7 Å². The van der Waals surface area contributed by atoms with Crippen LogP contribution in [0.2, 0.25) is 0 Å². The Kier molecular flexibility index (Phi) is 8.78. The number of nitriles is 1. The lowest BCUT2D eigenvalue weighted by atomic mass is 9.91. The molecule has 0 unspecified atom stereocenters. The van der Waals surface area contributed by atoms with E-state index >= 15 is 0 Å². The molecule has 0 bridgehead atoms. The van der Waals surface area contributed by atoms with E-state index in [1.165, 1.54) is 13.2 Å². The van der Waals surface area contributed by atoms with E-state index in [1.807, 2.05) is 55.1 Å². The van der Waals surface area contributed by atoms with E-state index in [0.29, 0.717) is 63.6 Å². The molecule has 7 rings (SSSR count). The molecule has 2 aromatic heterocycles. The number of alkyl halides is 2. The van der Waals surface area contributed by atoms with Gasteiger partial charge in [-0.1, -0.05) is 24.3 Å². The normalized spacial score (nSPS) is 14.9. The Morgan fingerprint density at radius 2 is 1.66 bits per heavy atom. The summed E-state index contributed by atoms with van der Waals surface area (Å²) in [5.74, 6) is 0.253. The molecule has 0 spiro atoms. The van der Waals surface area contributed by atoms with Crippen molar-refractivity contribution in [2.45, 2.75) is 52.5 Å². The summed E-state index contributed by atoms with van der Waals surface area (Å²) >= 11 is 0. The number of esters is 1. The number of carbonyl (C=O) groups excluding carboxylic acids is 1. The van der Waals surface area contributed by atoms with Gasteiger partial charge in [0.15, 0.2) is 11.2 Å². The minimum atomic E-state index is -3.05. The van der Waals surface area contributed by atoms with Crippen LogP contribution in [-0.4, -0.2) is 52.3 Å². The SMILES string of the molecule is COC(=O)[C@@H]1CCCN1Cc1cc2nc(-c3cccc(-c4cccc(-c5nc6cc(CO)cc(C#N)c6o5)c4C)c3C)oc2cc1OC(F)F. The van der Waals surface area contributed by atoms with Crippen LogP contribution < -0.4 is 4.74 Å². The van der Waals surface area contributed by atoms with Gasteiger partial charge in [0.25, 0.3) is 0 Å². The number of oxazole rings is 2. The molecule has 10 nitrogen and oxygen atoms in total. The lowest BCUT2D eigenvalue weighted by Gasteiger charge is -2.23. The zero-order chi connectivity index (χ0) is 35.1. The highest BCUT2D eigenvalue weighted by Crippen LogP contribution is 2.39. The highest BCUT2D eigenvalue weighted by atomic mass is 19.3. The largest absolute Gasteiger partial charge is 0.468 e. The summed E-state index contributed by atoms with van der Waals surface area (Å²) in [5, 5.41) is 19.3. The van der Waals surface area contributed by atoms with Gasteiger partial charge in [-0.05, 0) is 91.4 Å². The van der Waals surface area contributed by atoms with Gasteiger partial charge in [-0.3, -0.25) is 9.69 Å². The summed E-state index contributed by atoms with van der Waals surface area (Å²) in [4.78, 5) is 23.6. The van der Waals surface area contributed by atoms with Crippen LogP contribution >= 0.6 is 0 Å². The van der Waals surface area contributed by atoms with Gasteiger partial charge in [0.05, 0.1) is 19.3 Å². The fraction of sp³-hybridized carbons (Fsp3) is 0.263. The van der Waals surface area contributed by atoms with Gasteiger partial charge >= 0.3 is 12.6 Å². The molecule has 1 saturated heterocycles. The number of rotatable bonds is 9. The Morgan fingerprint density at radius 1 is 1.00 bits per heavy atom. The number of likely N-dealkylation sites (tertiary alicyclic amines) is 1. The molecule has 50 heavy (non-hydrogen) atoms. The lowest BCUT2D eigenvalue weighted by Crippen LogP contribution is -2.36. The number of methoxy groups -OCH3 is 1. The Labute approximate surface area is 285 Å². The van der Waals surface area contributed by atoms with Gasteiger partial charge in [-0.15, -0.1) is 0 Å². The Bertz CT molecular complexity index is 2310. The molecular formula is C38H32F2N4O6. The molecular weight excluding hydrogens is 646 g/mol. The second-order valence-electron chi connectivity index (χ2n) is 12.2. The maximum Gasteiger partial charge on any atom is 0.387 e. The number of aliphatic hydroxyl groups excluding tert-OH is 1. The number of benzene rings is 4. The van der Waals surface area contributed by atoms with Crippen molar-refractivity contribution in [1.82, 2.24) is 14.9 Å². The number of ether oxygens (including phenoxy) is 2. The number of nitrogens with zero attached hydrogens (tertiary/aromatic N) is 4. The second kappa shape index (κ2) is 13.3. The topological polar surface area (TPSA) is 135 Å². The van der Waals surface area contributed by atoms with E-state index in [9.17, 15) is 23.9 Å². The van der Waals surface area contributed by atoms with Crippen LogP contribution in [0.25, 0.3) is 56.2 Å². The third-order valence-electron chi connectivity index (χ3n) is 9.27. The van der Waals surface area contributed by atoms with Crippen molar-refractivity contribution in [2.75, 3.05) is 13.7 Å². The Morgan fingerprint density at radius 3 is 2.30 bits per heavy atom. The van der Waals surface area contributed by atoms with Crippen LogP contribution in [0.4, 0.5) is 8.78 Å². The van der Waals surface area contributed by atoms with Crippen LogP contribution in [0.1, 0.15) is 40.7 Å². The van der Waals surface area contributed by atoms with Gasteiger partial charge in [-0.2, -0.15) is 14.0 Å². The molecule has 1 aliphatic rings. The summed E-state index contributed by atoms with van der Waals surface area (Å²) in [6.07, 6.45) is 1.40. The van der Waals surface area contributed by atoms with Gasteiger partial charge in [-0.25, -0.2) is 9.97 Å². The number of hydrogen-bond acceptors (Lipinski definition) is 10. The molecule has 12 heteroatoms. The second-order valence-corrected chi connectivity index (χ2v) is 12.2. The molecule has 0 radical (unpaired) electrons. The maximum atomic E-state index is 13.5. The summed E-state index contributed by atoms with van der Waals surface area (Å²) in [7, 11) is 1.33. The summed E-state index contributed by atoms with van der Waals surface area (Å²) in [6.45, 7) is 1.46. The highest BCUT2D eigenvalue weighted by molar-refractivity contribution is 5.86. The predicted molar refractivity (Wildman–Crippen MR) is 180 cm³/mol.